The van der Waals surface area contributed by atoms with Crippen molar-refractivity contribution in [1.82, 2.24) is 5.32 Å². The van der Waals surface area contributed by atoms with Crippen LogP contribution in [0.25, 0.3) is 0 Å². The molecule has 0 saturated carbocycles. The molecule has 1 saturated heterocycles. The van der Waals surface area contributed by atoms with Gasteiger partial charge in [-0.05, 0) is 63.4 Å². The summed E-state index contributed by atoms with van der Waals surface area (Å²) in [5.41, 5.74) is 1.37. The second kappa shape index (κ2) is 7.93. The maximum absolute atomic E-state index is 12.0. The number of nitrogens with one attached hydrogen (secondary N) is 2. The lowest BCUT2D eigenvalue weighted by Gasteiger charge is -2.11. The van der Waals surface area contributed by atoms with Gasteiger partial charge in [0.25, 0.3) is 0 Å². The zero-order valence-electron chi connectivity index (χ0n) is 13.8. The highest BCUT2D eigenvalue weighted by molar-refractivity contribution is 7.91. The SMILES string of the molecule is CC(C)S(=O)(=O)Cc1cccc(NC(=O)CCC2CCNC2)c1. The Morgan fingerprint density at radius 2 is 2.17 bits per heavy atom. The normalized spacial score (nSPS) is 18.3. The van der Waals surface area contributed by atoms with E-state index in [9.17, 15) is 13.2 Å². The van der Waals surface area contributed by atoms with Gasteiger partial charge >= 0.3 is 0 Å². The molecule has 0 aromatic heterocycles. The Morgan fingerprint density at radius 1 is 1.39 bits per heavy atom. The van der Waals surface area contributed by atoms with Crippen molar-refractivity contribution in [3.05, 3.63) is 29.8 Å². The predicted molar refractivity (Wildman–Crippen MR) is 93.0 cm³/mol. The summed E-state index contributed by atoms with van der Waals surface area (Å²) >= 11 is 0. The predicted octanol–water partition coefficient (Wildman–Crippen LogP) is 2.34. The fraction of sp³-hybridized carbons (Fsp3) is 0.588. The molecular formula is C17H26N2O3S. The van der Waals surface area contributed by atoms with E-state index in [-0.39, 0.29) is 11.7 Å². The van der Waals surface area contributed by atoms with Gasteiger partial charge < -0.3 is 10.6 Å². The van der Waals surface area contributed by atoms with Crippen molar-refractivity contribution in [1.29, 1.82) is 0 Å². The molecule has 0 spiro atoms. The smallest absolute Gasteiger partial charge is 0.224 e. The average Bonchev–Trinajstić information content (AvgIpc) is 2.98. The van der Waals surface area contributed by atoms with Crippen molar-refractivity contribution in [3.8, 4) is 0 Å². The van der Waals surface area contributed by atoms with Crippen LogP contribution in [0.2, 0.25) is 0 Å². The number of hydrogen-bond donors (Lipinski definition) is 2. The second-order valence-electron chi connectivity index (χ2n) is 6.50. The number of sulfone groups is 1. The molecule has 1 aliphatic heterocycles. The fourth-order valence-corrected chi connectivity index (χ4v) is 3.63. The van der Waals surface area contributed by atoms with Gasteiger partial charge in [-0.15, -0.1) is 0 Å². The Bertz CT molecular complexity index is 635. The van der Waals surface area contributed by atoms with E-state index < -0.39 is 15.1 Å². The minimum Gasteiger partial charge on any atom is -0.326 e. The van der Waals surface area contributed by atoms with E-state index in [0.717, 1.165) is 25.9 Å². The fourth-order valence-electron chi connectivity index (χ4n) is 2.66. The minimum atomic E-state index is -3.14. The number of rotatable bonds is 7. The lowest BCUT2D eigenvalue weighted by molar-refractivity contribution is -0.116. The maximum Gasteiger partial charge on any atom is 0.224 e. The van der Waals surface area contributed by atoms with E-state index in [1.165, 1.54) is 0 Å². The van der Waals surface area contributed by atoms with Crippen molar-refractivity contribution in [2.75, 3.05) is 18.4 Å². The maximum atomic E-state index is 12.0. The Balaban J connectivity index is 1.90. The quantitative estimate of drug-likeness (QED) is 0.800. The Hall–Kier alpha value is -1.40. The Kier molecular flexibility index (Phi) is 6.18. The lowest BCUT2D eigenvalue weighted by Crippen LogP contribution is -2.17. The van der Waals surface area contributed by atoms with Gasteiger partial charge in [0.05, 0.1) is 11.0 Å². The summed E-state index contributed by atoms with van der Waals surface area (Å²) in [6, 6.07) is 7.09. The molecule has 1 aromatic rings. The van der Waals surface area contributed by atoms with Crippen LogP contribution in [0.5, 0.6) is 0 Å². The van der Waals surface area contributed by atoms with Gasteiger partial charge in [0, 0.05) is 12.1 Å². The molecule has 1 aromatic carbocycles. The van der Waals surface area contributed by atoms with Crippen LogP contribution < -0.4 is 10.6 Å². The Morgan fingerprint density at radius 3 is 2.83 bits per heavy atom. The highest BCUT2D eigenvalue weighted by atomic mass is 32.2. The summed E-state index contributed by atoms with van der Waals surface area (Å²) in [7, 11) is -3.14. The summed E-state index contributed by atoms with van der Waals surface area (Å²) in [4.78, 5) is 12.0. The van der Waals surface area contributed by atoms with Crippen LogP contribution in [0.15, 0.2) is 24.3 Å². The molecule has 0 radical (unpaired) electrons. The molecule has 2 N–H and O–H groups in total. The monoisotopic (exact) mass is 338 g/mol. The molecule has 1 aliphatic rings. The van der Waals surface area contributed by atoms with E-state index in [1.54, 1.807) is 38.1 Å². The van der Waals surface area contributed by atoms with Crippen molar-refractivity contribution in [2.45, 2.75) is 44.1 Å². The zero-order chi connectivity index (χ0) is 16.9. The number of amides is 1. The third kappa shape index (κ3) is 5.62. The van der Waals surface area contributed by atoms with Gasteiger partial charge in [-0.1, -0.05) is 12.1 Å². The van der Waals surface area contributed by atoms with Crippen LogP contribution in [-0.2, 0) is 20.4 Å². The summed E-state index contributed by atoms with van der Waals surface area (Å²) in [6.45, 7) is 5.40. The number of benzene rings is 1. The molecule has 23 heavy (non-hydrogen) atoms. The number of anilines is 1. The second-order valence-corrected chi connectivity index (χ2v) is 9.06. The molecule has 1 unspecified atom stereocenters. The van der Waals surface area contributed by atoms with Crippen LogP contribution in [0.4, 0.5) is 5.69 Å². The number of hydrogen-bond acceptors (Lipinski definition) is 4. The molecule has 5 nitrogen and oxygen atoms in total. The molecule has 2 rings (SSSR count). The van der Waals surface area contributed by atoms with E-state index in [2.05, 4.69) is 10.6 Å². The molecule has 0 aliphatic carbocycles. The van der Waals surface area contributed by atoms with Gasteiger partial charge in [0.2, 0.25) is 5.91 Å². The first-order chi connectivity index (χ1) is 10.9. The number of carbonyl (C=O) groups is 1. The van der Waals surface area contributed by atoms with Crippen molar-refractivity contribution in [2.24, 2.45) is 5.92 Å². The lowest BCUT2D eigenvalue weighted by atomic mass is 10.0. The van der Waals surface area contributed by atoms with Gasteiger partial charge in [-0.25, -0.2) is 8.42 Å². The highest BCUT2D eigenvalue weighted by Crippen LogP contribution is 2.18. The topological polar surface area (TPSA) is 75.3 Å². The van der Waals surface area contributed by atoms with Gasteiger partial charge in [0.1, 0.15) is 0 Å². The molecule has 1 atom stereocenters. The molecule has 6 heteroatoms. The largest absolute Gasteiger partial charge is 0.326 e. The number of carbonyl (C=O) groups excluding carboxylic acids is 1. The first kappa shape index (κ1) is 17.9. The van der Waals surface area contributed by atoms with Crippen LogP contribution >= 0.6 is 0 Å². The van der Waals surface area contributed by atoms with Crippen LogP contribution in [0.1, 0.15) is 38.7 Å². The first-order valence-corrected chi connectivity index (χ1v) is 9.89. The highest BCUT2D eigenvalue weighted by Gasteiger charge is 2.18. The third-order valence-electron chi connectivity index (χ3n) is 4.24. The molecule has 1 fully saturated rings. The Labute approximate surface area is 138 Å². The summed E-state index contributed by atoms with van der Waals surface area (Å²) in [6.07, 6.45) is 2.52. The standard InChI is InChI=1S/C17H26N2O3S/c1-13(2)23(21,22)12-15-4-3-5-16(10-15)19-17(20)7-6-14-8-9-18-11-14/h3-5,10,13-14,18H,6-9,11-12H2,1-2H3,(H,19,20). The molecule has 128 valence electrons. The van der Waals surface area contributed by atoms with Gasteiger partial charge in [-0.2, -0.15) is 0 Å². The van der Waals surface area contributed by atoms with Crippen molar-refractivity contribution < 1.29 is 13.2 Å². The molecule has 1 amide bonds. The first-order valence-electron chi connectivity index (χ1n) is 8.18. The van der Waals surface area contributed by atoms with Crippen molar-refractivity contribution in [3.63, 3.8) is 0 Å². The molecule has 0 bridgehead atoms. The minimum absolute atomic E-state index is 0.00210. The molecular weight excluding hydrogens is 312 g/mol. The van der Waals surface area contributed by atoms with Crippen LogP contribution in [-0.4, -0.2) is 32.7 Å². The summed E-state index contributed by atoms with van der Waals surface area (Å²) < 4.78 is 24.0. The average molecular weight is 338 g/mol. The third-order valence-corrected chi connectivity index (χ3v) is 6.41. The van der Waals surface area contributed by atoms with E-state index >= 15 is 0 Å². The van der Waals surface area contributed by atoms with E-state index in [0.29, 0.717) is 23.6 Å². The van der Waals surface area contributed by atoms with Crippen molar-refractivity contribution >= 4 is 21.4 Å². The molecule has 1 heterocycles. The van der Waals surface area contributed by atoms with E-state index in [1.807, 2.05) is 0 Å². The van der Waals surface area contributed by atoms with Gasteiger partial charge in [-0.3, -0.25) is 4.79 Å². The van der Waals surface area contributed by atoms with Crippen LogP contribution in [0.3, 0.4) is 0 Å². The van der Waals surface area contributed by atoms with Crippen LogP contribution in [0, 0.1) is 5.92 Å². The van der Waals surface area contributed by atoms with Gasteiger partial charge in [0.15, 0.2) is 9.84 Å². The summed E-state index contributed by atoms with van der Waals surface area (Å²) in [5, 5.41) is 5.76. The summed E-state index contributed by atoms with van der Waals surface area (Å²) in [5.74, 6) is 0.575. The zero-order valence-corrected chi connectivity index (χ0v) is 14.7. The van der Waals surface area contributed by atoms with E-state index in [4.69, 9.17) is 0 Å².